The van der Waals surface area contributed by atoms with Crippen molar-refractivity contribution in [2.45, 2.75) is 33.7 Å². The van der Waals surface area contributed by atoms with Crippen LogP contribution in [-0.2, 0) is 0 Å². The van der Waals surface area contributed by atoms with E-state index in [2.05, 4.69) is 57.3 Å². The molecule has 1 unspecified atom stereocenters. The Morgan fingerprint density at radius 3 is 2.00 bits per heavy atom. The van der Waals surface area contributed by atoms with E-state index in [0.717, 1.165) is 5.75 Å². The van der Waals surface area contributed by atoms with Gasteiger partial charge in [0.05, 0.1) is 7.11 Å². The Morgan fingerprint density at radius 1 is 0.950 bits per heavy atom. The molecule has 1 N–H and O–H groups in total. The van der Waals surface area contributed by atoms with E-state index in [1.165, 1.54) is 27.9 Å². The van der Waals surface area contributed by atoms with Gasteiger partial charge in [0.2, 0.25) is 0 Å². The first-order chi connectivity index (χ1) is 9.51. The third-order valence-corrected chi connectivity index (χ3v) is 3.65. The van der Waals surface area contributed by atoms with Crippen molar-refractivity contribution in [3.63, 3.8) is 0 Å². The largest absolute Gasteiger partial charge is 0.497 e. The molecule has 0 aromatic heterocycles. The molecule has 0 amide bonds. The number of hydrogen-bond acceptors (Lipinski definition) is 2. The maximum Gasteiger partial charge on any atom is 0.118 e. The third kappa shape index (κ3) is 3.13. The quantitative estimate of drug-likeness (QED) is 0.861. The number of benzene rings is 2. The fourth-order valence-electron chi connectivity index (χ4n) is 2.60. The maximum absolute atomic E-state index is 5.20. The zero-order valence-corrected chi connectivity index (χ0v) is 12.9. The monoisotopic (exact) mass is 269 g/mol. The fraction of sp³-hybridized carbons (Fsp3) is 0.333. The Bertz CT molecular complexity index is 564. The zero-order chi connectivity index (χ0) is 14.7. The molecule has 0 fully saturated rings. The summed E-state index contributed by atoms with van der Waals surface area (Å²) in [4.78, 5) is 0. The summed E-state index contributed by atoms with van der Waals surface area (Å²) in [6.45, 7) is 8.63. The lowest BCUT2D eigenvalue weighted by Gasteiger charge is -2.20. The Labute approximate surface area is 121 Å². The van der Waals surface area contributed by atoms with Crippen molar-refractivity contribution in [3.05, 3.63) is 58.7 Å². The molecule has 0 radical (unpaired) electrons. The number of hydrogen-bond donors (Lipinski definition) is 1. The number of ether oxygens (including phenoxy) is 1. The second kappa shape index (κ2) is 6.00. The van der Waals surface area contributed by atoms with Crippen LogP contribution in [0, 0.1) is 20.8 Å². The first-order valence-electron chi connectivity index (χ1n) is 6.99. The molecule has 0 bridgehead atoms. The van der Waals surface area contributed by atoms with Gasteiger partial charge in [-0.3, -0.25) is 0 Å². The van der Waals surface area contributed by atoms with E-state index >= 15 is 0 Å². The van der Waals surface area contributed by atoms with Crippen molar-refractivity contribution in [1.82, 2.24) is 0 Å². The van der Waals surface area contributed by atoms with E-state index in [0.29, 0.717) is 0 Å². The highest BCUT2D eigenvalue weighted by Crippen LogP contribution is 2.27. The number of rotatable bonds is 4. The first-order valence-corrected chi connectivity index (χ1v) is 6.99. The molecular weight excluding hydrogens is 246 g/mol. The highest BCUT2D eigenvalue weighted by molar-refractivity contribution is 5.59. The zero-order valence-electron chi connectivity index (χ0n) is 12.9. The summed E-state index contributed by atoms with van der Waals surface area (Å²) in [7, 11) is 1.69. The second-order valence-corrected chi connectivity index (χ2v) is 5.41. The van der Waals surface area contributed by atoms with Gasteiger partial charge in [-0.2, -0.15) is 0 Å². The molecule has 0 heterocycles. The van der Waals surface area contributed by atoms with Crippen molar-refractivity contribution >= 4 is 5.69 Å². The summed E-state index contributed by atoms with van der Waals surface area (Å²) in [5, 5.41) is 3.62. The summed E-state index contributed by atoms with van der Waals surface area (Å²) in [5.74, 6) is 0.892. The van der Waals surface area contributed by atoms with Gasteiger partial charge < -0.3 is 10.1 Å². The van der Waals surface area contributed by atoms with Crippen LogP contribution in [0.15, 0.2) is 36.4 Å². The van der Waals surface area contributed by atoms with Crippen LogP contribution in [0.25, 0.3) is 0 Å². The van der Waals surface area contributed by atoms with Gasteiger partial charge in [0.1, 0.15) is 5.75 Å². The summed E-state index contributed by atoms with van der Waals surface area (Å²) >= 11 is 0. The molecule has 0 spiro atoms. The number of aryl methyl sites for hydroxylation is 3. The highest BCUT2D eigenvalue weighted by Gasteiger charge is 2.09. The number of anilines is 1. The van der Waals surface area contributed by atoms with Crippen LogP contribution in [0.4, 0.5) is 5.69 Å². The highest BCUT2D eigenvalue weighted by atomic mass is 16.5. The Morgan fingerprint density at radius 2 is 1.50 bits per heavy atom. The summed E-state index contributed by atoms with van der Waals surface area (Å²) in [5.41, 5.74) is 6.39. The molecule has 2 aromatic carbocycles. The predicted octanol–water partition coefficient (Wildman–Crippen LogP) is 4.79. The molecule has 2 heteroatoms. The minimum absolute atomic E-state index is 0.265. The Balaban J connectivity index is 2.20. The minimum Gasteiger partial charge on any atom is -0.497 e. The van der Waals surface area contributed by atoms with Crippen molar-refractivity contribution in [3.8, 4) is 5.75 Å². The van der Waals surface area contributed by atoms with Gasteiger partial charge in [-0.25, -0.2) is 0 Å². The summed E-state index contributed by atoms with van der Waals surface area (Å²) in [6, 6.07) is 12.9. The van der Waals surface area contributed by atoms with Crippen molar-refractivity contribution in [1.29, 1.82) is 0 Å². The van der Waals surface area contributed by atoms with E-state index < -0.39 is 0 Å². The first kappa shape index (κ1) is 14.4. The standard InChI is InChI=1S/C18H23NO/c1-12-10-13(2)18(14(3)11-12)19-15(4)16-6-8-17(20-5)9-7-16/h6-11,15,19H,1-5H3. The molecule has 20 heavy (non-hydrogen) atoms. The maximum atomic E-state index is 5.20. The van der Waals surface area contributed by atoms with E-state index in [4.69, 9.17) is 4.74 Å². The normalized spacial score (nSPS) is 12.1. The average Bonchev–Trinajstić information content (AvgIpc) is 2.42. The van der Waals surface area contributed by atoms with Crippen LogP contribution in [-0.4, -0.2) is 7.11 Å². The molecule has 0 saturated carbocycles. The smallest absolute Gasteiger partial charge is 0.118 e. The molecular formula is C18H23NO. The van der Waals surface area contributed by atoms with E-state index in [9.17, 15) is 0 Å². The number of methoxy groups -OCH3 is 1. The lowest BCUT2D eigenvalue weighted by Crippen LogP contribution is -2.09. The van der Waals surface area contributed by atoms with Gasteiger partial charge in [0.25, 0.3) is 0 Å². The Kier molecular flexibility index (Phi) is 4.33. The van der Waals surface area contributed by atoms with Crippen LogP contribution in [0.5, 0.6) is 5.75 Å². The van der Waals surface area contributed by atoms with Gasteiger partial charge in [0.15, 0.2) is 0 Å². The van der Waals surface area contributed by atoms with Crippen LogP contribution >= 0.6 is 0 Å². The fourth-order valence-corrected chi connectivity index (χ4v) is 2.60. The minimum atomic E-state index is 0.265. The lowest BCUT2D eigenvalue weighted by atomic mass is 10.0. The van der Waals surface area contributed by atoms with E-state index in [1.807, 2.05) is 12.1 Å². The van der Waals surface area contributed by atoms with Crippen LogP contribution < -0.4 is 10.1 Å². The van der Waals surface area contributed by atoms with Crippen molar-refractivity contribution in [2.75, 3.05) is 12.4 Å². The molecule has 2 nitrogen and oxygen atoms in total. The van der Waals surface area contributed by atoms with Crippen LogP contribution in [0.2, 0.25) is 0 Å². The molecule has 0 aliphatic carbocycles. The van der Waals surface area contributed by atoms with Crippen LogP contribution in [0.3, 0.4) is 0 Å². The third-order valence-electron chi connectivity index (χ3n) is 3.65. The number of nitrogens with one attached hydrogen (secondary N) is 1. The van der Waals surface area contributed by atoms with Crippen molar-refractivity contribution < 1.29 is 4.74 Å². The van der Waals surface area contributed by atoms with Gasteiger partial charge >= 0.3 is 0 Å². The summed E-state index contributed by atoms with van der Waals surface area (Å²) in [6.07, 6.45) is 0. The topological polar surface area (TPSA) is 21.3 Å². The van der Waals surface area contributed by atoms with E-state index in [1.54, 1.807) is 7.11 Å². The second-order valence-electron chi connectivity index (χ2n) is 5.41. The SMILES string of the molecule is COc1ccc(C(C)Nc2c(C)cc(C)cc2C)cc1. The molecule has 0 aliphatic heterocycles. The molecule has 2 aromatic rings. The lowest BCUT2D eigenvalue weighted by molar-refractivity contribution is 0.414. The molecule has 1 atom stereocenters. The molecule has 106 valence electrons. The van der Waals surface area contributed by atoms with Gasteiger partial charge in [-0.05, 0) is 56.5 Å². The summed E-state index contributed by atoms with van der Waals surface area (Å²) < 4.78 is 5.20. The Hall–Kier alpha value is -1.96. The average molecular weight is 269 g/mol. The molecule has 2 rings (SSSR count). The van der Waals surface area contributed by atoms with Gasteiger partial charge in [0, 0.05) is 11.7 Å². The predicted molar refractivity (Wildman–Crippen MR) is 85.7 cm³/mol. The van der Waals surface area contributed by atoms with E-state index in [-0.39, 0.29) is 6.04 Å². The molecule has 0 saturated heterocycles. The van der Waals surface area contributed by atoms with Crippen molar-refractivity contribution in [2.24, 2.45) is 0 Å². The van der Waals surface area contributed by atoms with Gasteiger partial charge in [-0.1, -0.05) is 29.8 Å². The van der Waals surface area contributed by atoms with Crippen LogP contribution in [0.1, 0.15) is 35.2 Å². The van der Waals surface area contributed by atoms with Gasteiger partial charge in [-0.15, -0.1) is 0 Å². The molecule has 0 aliphatic rings.